The summed E-state index contributed by atoms with van der Waals surface area (Å²) in [5.74, 6) is 0. The van der Waals surface area contributed by atoms with Gasteiger partial charge >= 0.3 is 0 Å². The Morgan fingerprint density at radius 3 is 3.27 bits per heavy atom. The van der Waals surface area contributed by atoms with Gasteiger partial charge in [-0.25, -0.2) is 0 Å². The Bertz CT molecular complexity index is 276. The van der Waals surface area contributed by atoms with Crippen molar-refractivity contribution < 1.29 is 0 Å². The van der Waals surface area contributed by atoms with Crippen LogP contribution in [0.4, 0.5) is 0 Å². The van der Waals surface area contributed by atoms with Gasteiger partial charge in [-0.05, 0) is 18.6 Å². The summed E-state index contributed by atoms with van der Waals surface area (Å²) in [6.45, 7) is 2.87. The smallest absolute Gasteiger partial charge is 0.0916 e. The Kier molecular flexibility index (Phi) is 1.43. The minimum Gasteiger partial charge on any atom is -0.372 e. The third kappa shape index (κ3) is 1.03. The number of rotatable bonds is 0. The van der Waals surface area contributed by atoms with Crippen molar-refractivity contribution in [3.05, 3.63) is 34.8 Å². The van der Waals surface area contributed by atoms with E-state index in [4.69, 9.17) is 11.6 Å². The fourth-order valence-corrected chi connectivity index (χ4v) is 1.62. The molecule has 0 spiro atoms. The minimum absolute atomic E-state index is 0.815. The molecule has 58 valence electrons. The number of halogens is 1. The van der Waals surface area contributed by atoms with E-state index >= 15 is 0 Å². The van der Waals surface area contributed by atoms with Crippen LogP contribution in [0.25, 0.3) is 0 Å². The maximum atomic E-state index is 5.98. The second kappa shape index (κ2) is 2.31. The van der Waals surface area contributed by atoms with Crippen molar-refractivity contribution in [3.8, 4) is 0 Å². The van der Waals surface area contributed by atoms with Gasteiger partial charge in [0.15, 0.2) is 0 Å². The Morgan fingerprint density at radius 2 is 2.45 bits per heavy atom. The monoisotopic (exact) mass is 168 g/mol. The standard InChI is InChI=1S/C8H9ClN2/c1-6-2-7(9)8-3-10-5-11(8)4-6/h2-4,10H,5H2,1H3. The van der Waals surface area contributed by atoms with Crippen molar-refractivity contribution in [2.75, 3.05) is 6.67 Å². The van der Waals surface area contributed by atoms with Crippen molar-refractivity contribution in [1.29, 1.82) is 0 Å². The molecule has 2 aliphatic rings. The van der Waals surface area contributed by atoms with Gasteiger partial charge in [0.2, 0.25) is 0 Å². The highest BCUT2D eigenvalue weighted by Crippen LogP contribution is 2.27. The molecule has 11 heavy (non-hydrogen) atoms. The van der Waals surface area contributed by atoms with Crippen molar-refractivity contribution in [3.63, 3.8) is 0 Å². The van der Waals surface area contributed by atoms with E-state index in [1.165, 1.54) is 5.57 Å². The van der Waals surface area contributed by atoms with Gasteiger partial charge in [-0.2, -0.15) is 0 Å². The van der Waals surface area contributed by atoms with Gasteiger partial charge in [-0.15, -0.1) is 0 Å². The largest absolute Gasteiger partial charge is 0.372 e. The molecular formula is C8H9ClN2. The van der Waals surface area contributed by atoms with E-state index in [2.05, 4.69) is 16.4 Å². The van der Waals surface area contributed by atoms with Crippen molar-refractivity contribution in [2.45, 2.75) is 6.92 Å². The zero-order chi connectivity index (χ0) is 7.84. The quantitative estimate of drug-likeness (QED) is 0.593. The van der Waals surface area contributed by atoms with E-state index in [0.29, 0.717) is 0 Å². The molecule has 1 N–H and O–H groups in total. The van der Waals surface area contributed by atoms with Crippen LogP contribution in [-0.2, 0) is 0 Å². The summed E-state index contributed by atoms with van der Waals surface area (Å²) in [6.07, 6.45) is 5.98. The summed E-state index contributed by atoms with van der Waals surface area (Å²) in [7, 11) is 0. The molecule has 0 radical (unpaired) electrons. The molecule has 2 heterocycles. The summed E-state index contributed by atoms with van der Waals surface area (Å²) >= 11 is 5.98. The average molecular weight is 169 g/mol. The molecule has 2 rings (SSSR count). The molecule has 0 unspecified atom stereocenters. The lowest BCUT2D eigenvalue weighted by Crippen LogP contribution is -2.19. The summed E-state index contributed by atoms with van der Waals surface area (Å²) in [5, 5.41) is 3.92. The Hall–Kier alpha value is -0.890. The molecule has 0 aromatic rings. The van der Waals surface area contributed by atoms with E-state index < -0.39 is 0 Å². The van der Waals surface area contributed by atoms with Crippen LogP contribution in [0.5, 0.6) is 0 Å². The topological polar surface area (TPSA) is 15.3 Å². The highest BCUT2D eigenvalue weighted by atomic mass is 35.5. The lowest BCUT2D eigenvalue weighted by molar-refractivity contribution is 0.492. The van der Waals surface area contributed by atoms with E-state index in [1.54, 1.807) is 0 Å². The van der Waals surface area contributed by atoms with Crippen LogP contribution in [0.2, 0.25) is 0 Å². The average Bonchev–Trinajstić information content (AvgIpc) is 2.34. The first-order valence-electron chi connectivity index (χ1n) is 3.53. The van der Waals surface area contributed by atoms with Gasteiger partial charge in [0.05, 0.1) is 17.4 Å². The fourth-order valence-electron chi connectivity index (χ4n) is 1.29. The van der Waals surface area contributed by atoms with Gasteiger partial charge in [0.25, 0.3) is 0 Å². The van der Waals surface area contributed by atoms with Crippen LogP contribution in [0.3, 0.4) is 0 Å². The molecule has 0 aromatic heterocycles. The molecule has 0 saturated heterocycles. The van der Waals surface area contributed by atoms with Gasteiger partial charge < -0.3 is 10.2 Å². The van der Waals surface area contributed by atoms with Gasteiger partial charge in [-0.3, -0.25) is 0 Å². The van der Waals surface area contributed by atoms with E-state index in [-0.39, 0.29) is 0 Å². The van der Waals surface area contributed by atoms with Gasteiger partial charge in [0, 0.05) is 12.4 Å². The molecule has 0 aromatic carbocycles. The lowest BCUT2D eigenvalue weighted by Gasteiger charge is -2.20. The predicted molar refractivity (Wildman–Crippen MR) is 45.6 cm³/mol. The Morgan fingerprint density at radius 1 is 1.64 bits per heavy atom. The minimum atomic E-state index is 0.815. The van der Waals surface area contributed by atoms with Crippen LogP contribution in [0, 0.1) is 0 Å². The predicted octanol–water partition coefficient (Wildman–Crippen LogP) is 1.73. The number of nitrogens with zero attached hydrogens (tertiary/aromatic N) is 1. The van der Waals surface area contributed by atoms with E-state index in [1.807, 2.05) is 19.2 Å². The lowest BCUT2D eigenvalue weighted by atomic mass is 10.2. The van der Waals surface area contributed by atoms with Crippen LogP contribution in [-0.4, -0.2) is 11.6 Å². The highest BCUT2D eigenvalue weighted by Gasteiger charge is 2.18. The van der Waals surface area contributed by atoms with Crippen LogP contribution < -0.4 is 5.32 Å². The first-order chi connectivity index (χ1) is 5.27. The van der Waals surface area contributed by atoms with Gasteiger partial charge in [-0.1, -0.05) is 11.6 Å². The number of fused-ring (bicyclic) bond motifs is 1. The van der Waals surface area contributed by atoms with Crippen LogP contribution in [0.1, 0.15) is 6.92 Å². The van der Waals surface area contributed by atoms with Crippen molar-refractivity contribution >= 4 is 11.6 Å². The third-order valence-electron chi connectivity index (χ3n) is 1.77. The van der Waals surface area contributed by atoms with Crippen molar-refractivity contribution in [2.24, 2.45) is 0 Å². The normalized spacial score (nSPS) is 21.6. The summed E-state index contributed by atoms with van der Waals surface area (Å²) in [6, 6.07) is 0. The SMILES string of the molecule is CC1=CN2CNC=C2C(Cl)=C1. The molecule has 0 bridgehead atoms. The third-order valence-corrected chi connectivity index (χ3v) is 2.07. The Labute approximate surface area is 70.8 Å². The molecular weight excluding hydrogens is 160 g/mol. The molecule has 2 nitrogen and oxygen atoms in total. The van der Waals surface area contributed by atoms with Crippen molar-refractivity contribution in [1.82, 2.24) is 10.2 Å². The van der Waals surface area contributed by atoms with Gasteiger partial charge in [0.1, 0.15) is 0 Å². The Balaban J connectivity index is 2.40. The number of hydrogen-bond acceptors (Lipinski definition) is 2. The zero-order valence-corrected chi connectivity index (χ0v) is 7.02. The maximum absolute atomic E-state index is 5.98. The molecule has 3 heteroatoms. The van der Waals surface area contributed by atoms with Crippen LogP contribution in [0.15, 0.2) is 34.8 Å². The highest BCUT2D eigenvalue weighted by molar-refractivity contribution is 6.32. The molecule has 0 atom stereocenters. The molecule has 0 saturated carbocycles. The summed E-state index contributed by atoms with van der Waals surface area (Å²) in [4.78, 5) is 2.09. The first kappa shape index (κ1) is 6.80. The number of allylic oxidation sites excluding steroid dienone is 3. The van der Waals surface area contributed by atoms with E-state index in [0.717, 1.165) is 17.4 Å². The first-order valence-corrected chi connectivity index (χ1v) is 3.91. The number of hydrogen-bond donors (Lipinski definition) is 1. The molecule has 2 aliphatic heterocycles. The summed E-state index contributed by atoms with van der Waals surface area (Å²) < 4.78 is 0. The summed E-state index contributed by atoms with van der Waals surface area (Å²) in [5.41, 5.74) is 2.26. The molecule has 0 fully saturated rings. The number of nitrogens with one attached hydrogen (secondary N) is 1. The second-order valence-corrected chi connectivity index (χ2v) is 3.13. The second-order valence-electron chi connectivity index (χ2n) is 2.73. The maximum Gasteiger partial charge on any atom is 0.0916 e. The molecule has 0 aliphatic carbocycles. The molecule has 0 amide bonds. The van der Waals surface area contributed by atoms with E-state index in [9.17, 15) is 0 Å². The fraction of sp³-hybridized carbons (Fsp3) is 0.250. The zero-order valence-electron chi connectivity index (χ0n) is 6.26. The van der Waals surface area contributed by atoms with Crippen LogP contribution >= 0.6 is 11.6 Å².